The molecule has 0 aliphatic carbocycles. The molecule has 2 N–H and O–H groups in total. The van der Waals surface area contributed by atoms with Crippen molar-refractivity contribution in [2.45, 2.75) is 50.2 Å². The van der Waals surface area contributed by atoms with Crippen LogP contribution in [0, 0.1) is 0 Å². The Balaban J connectivity index is 1.55. The first-order chi connectivity index (χ1) is 14.8. The van der Waals surface area contributed by atoms with E-state index in [1.807, 2.05) is 61.5 Å². The van der Waals surface area contributed by atoms with Crippen LogP contribution in [-0.4, -0.2) is 38.0 Å². The van der Waals surface area contributed by atoms with Gasteiger partial charge in [0.1, 0.15) is 12.4 Å². The van der Waals surface area contributed by atoms with Gasteiger partial charge in [-0.15, -0.1) is 10.2 Å². The number of ether oxygens (including phenoxy) is 1. The van der Waals surface area contributed by atoms with Gasteiger partial charge in [-0.2, -0.15) is 0 Å². The Hall–Kier alpha value is -3.00. The maximum atomic E-state index is 12.7. The Labute approximate surface area is 187 Å². The lowest BCUT2D eigenvalue weighted by molar-refractivity contribution is -0.129. The molecule has 164 valence electrons. The van der Waals surface area contributed by atoms with Crippen molar-refractivity contribution in [1.29, 1.82) is 0 Å². The van der Waals surface area contributed by atoms with Crippen molar-refractivity contribution in [3.8, 4) is 5.75 Å². The van der Waals surface area contributed by atoms with Gasteiger partial charge in [-0.3, -0.25) is 4.79 Å². The number of nitrogen functional groups attached to an aromatic ring is 1. The lowest BCUT2D eigenvalue weighted by Gasteiger charge is -2.21. The summed E-state index contributed by atoms with van der Waals surface area (Å²) in [6.07, 6.45) is 0. The maximum Gasteiger partial charge on any atom is 0.235 e. The van der Waals surface area contributed by atoms with Gasteiger partial charge in [0.25, 0.3) is 0 Å². The first kappa shape index (κ1) is 22.7. The molecule has 0 bridgehead atoms. The van der Waals surface area contributed by atoms with Gasteiger partial charge in [-0.1, -0.05) is 68.1 Å². The first-order valence-corrected chi connectivity index (χ1v) is 11.1. The number of hydrogen-bond acceptors (Lipinski definition) is 6. The molecule has 7 nitrogen and oxygen atoms in total. The van der Waals surface area contributed by atoms with E-state index in [0.29, 0.717) is 23.4 Å². The predicted octanol–water partition coefficient (Wildman–Crippen LogP) is 3.83. The quantitative estimate of drug-likeness (QED) is 0.403. The van der Waals surface area contributed by atoms with E-state index in [2.05, 4.69) is 24.0 Å². The van der Waals surface area contributed by atoms with Gasteiger partial charge in [0.15, 0.2) is 5.82 Å². The van der Waals surface area contributed by atoms with Gasteiger partial charge >= 0.3 is 0 Å². The SMILES string of the molecule is CC(Sc1nnc(COc2ccc(C(C)C)cc2)n1N)C(=O)N(C)Cc1ccccc1. The zero-order valence-corrected chi connectivity index (χ0v) is 19.2. The molecule has 0 aliphatic rings. The second kappa shape index (κ2) is 10.3. The van der Waals surface area contributed by atoms with Crippen molar-refractivity contribution in [3.05, 3.63) is 71.5 Å². The third-order valence-electron chi connectivity index (χ3n) is 4.92. The van der Waals surface area contributed by atoms with Crippen molar-refractivity contribution in [3.63, 3.8) is 0 Å². The largest absolute Gasteiger partial charge is 0.486 e. The van der Waals surface area contributed by atoms with Gasteiger partial charge in [0.05, 0.1) is 5.25 Å². The third kappa shape index (κ3) is 6.01. The van der Waals surface area contributed by atoms with Gasteiger partial charge in [-0.05, 0) is 36.1 Å². The molecule has 1 atom stereocenters. The summed E-state index contributed by atoms with van der Waals surface area (Å²) in [6.45, 7) is 6.89. The van der Waals surface area contributed by atoms with Crippen LogP contribution in [0.2, 0.25) is 0 Å². The average Bonchev–Trinajstić information content (AvgIpc) is 3.11. The van der Waals surface area contributed by atoms with E-state index in [0.717, 1.165) is 11.3 Å². The van der Waals surface area contributed by atoms with Crippen LogP contribution >= 0.6 is 11.8 Å². The van der Waals surface area contributed by atoms with Crippen LogP contribution in [0.3, 0.4) is 0 Å². The summed E-state index contributed by atoms with van der Waals surface area (Å²) in [7, 11) is 1.80. The molecule has 1 amide bonds. The number of hydrogen-bond donors (Lipinski definition) is 1. The smallest absolute Gasteiger partial charge is 0.235 e. The first-order valence-electron chi connectivity index (χ1n) is 10.2. The molecular weight excluding hydrogens is 410 g/mol. The zero-order chi connectivity index (χ0) is 22.4. The minimum absolute atomic E-state index is 0.0000969. The lowest BCUT2D eigenvalue weighted by atomic mass is 10.0. The highest BCUT2D eigenvalue weighted by Crippen LogP contribution is 2.23. The van der Waals surface area contributed by atoms with Crippen molar-refractivity contribution < 1.29 is 9.53 Å². The molecular formula is C23H29N5O2S. The molecule has 1 heterocycles. The highest BCUT2D eigenvalue weighted by Gasteiger charge is 2.22. The van der Waals surface area contributed by atoms with Gasteiger partial charge in [0.2, 0.25) is 11.1 Å². The van der Waals surface area contributed by atoms with Gasteiger partial charge in [-0.25, -0.2) is 4.68 Å². The Morgan fingerprint density at radius 3 is 2.42 bits per heavy atom. The van der Waals surface area contributed by atoms with Crippen LogP contribution in [0.25, 0.3) is 0 Å². The molecule has 0 saturated carbocycles. The summed E-state index contributed by atoms with van der Waals surface area (Å²) in [5.74, 6) is 7.85. The normalized spacial score (nSPS) is 12.0. The summed E-state index contributed by atoms with van der Waals surface area (Å²) in [6, 6.07) is 17.9. The number of nitrogens with two attached hydrogens (primary N) is 1. The maximum absolute atomic E-state index is 12.7. The van der Waals surface area contributed by atoms with E-state index >= 15 is 0 Å². The molecule has 0 spiro atoms. The van der Waals surface area contributed by atoms with Crippen molar-refractivity contribution >= 4 is 17.7 Å². The number of rotatable bonds is 9. The standard InChI is InChI=1S/C23H29N5O2S/c1-16(2)19-10-12-20(13-11-19)30-15-21-25-26-23(28(21)24)31-17(3)22(29)27(4)14-18-8-6-5-7-9-18/h5-13,16-17H,14-15,24H2,1-4H3. The number of nitrogens with zero attached hydrogens (tertiary/aromatic N) is 4. The minimum Gasteiger partial charge on any atom is -0.486 e. The van der Waals surface area contributed by atoms with E-state index in [1.165, 1.54) is 22.0 Å². The molecule has 0 saturated heterocycles. The van der Waals surface area contributed by atoms with E-state index in [-0.39, 0.29) is 17.8 Å². The molecule has 1 aromatic heterocycles. The summed E-state index contributed by atoms with van der Waals surface area (Å²) < 4.78 is 7.17. The summed E-state index contributed by atoms with van der Waals surface area (Å²) in [4.78, 5) is 14.4. The molecule has 2 aromatic carbocycles. The van der Waals surface area contributed by atoms with Crippen LogP contribution in [0.4, 0.5) is 0 Å². The zero-order valence-electron chi connectivity index (χ0n) is 18.4. The highest BCUT2D eigenvalue weighted by molar-refractivity contribution is 8.00. The van der Waals surface area contributed by atoms with E-state index < -0.39 is 0 Å². The van der Waals surface area contributed by atoms with E-state index in [1.54, 1.807) is 11.9 Å². The number of aromatic nitrogens is 3. The van der Waals surface area contributed by atoms with Gasteiger partial charge < -0.3 is 15.5 Å². The Morgan fingerprint density at radius 1 is 1.10 bits per heavy atom. The molecule has 0 aliphatic heterocycles. The minimum atomic E-state index is -0.349. The number of amides is 1. The van der Waals surface area contributed by atoms with Gasteiger partial charge in [0, 0.05) is 13.6 Å². The number of benzene rings is 2. The summed E-state index contributed by atoms with van der Waals surface area (Å²) >= 11 is 1.28. The average molecular weight is 440 g/mol. The summed E-state index contributed by atoms with van der Waals surface area (Å²) in [5, 5.41) is 8.38. The highest BCUT2D eigenvalue weighted by atomic mass is 32.2. The van der Waals surface area contributed by atoms with Crippen LogP contribution in [-0.2, 0) is 17.9 Å². The van der Waals surface area contributed by atoms with Crippen molar-refractivity contribution in [2.24, 2.45) is 0 Å². The topological polar surface area (TPSA) is 86.3 Å². The molecule has 0 fully saturated rings. The fraction of sp³-hybridized carbons (Fsp3) is 0.348. The van der Waals surface area contributed by atoms with E-state index in [9.17, 15) is 4.79 Å². The lowest BCUT2D eigenvalue weighted by Crippen LogP contribution is -2.33. The molecule has 31 heavy (non-hydrogen) atoms. The van der Waals surface area contributed by atoms with Crippen molar-refractivity contribution in [2.75, 3.05) is 12.9 Å². The summed E-state index contributed by atoms with van der Waals surface area (Å²) in [5.41, 5.74) is 2.34. The molecule has 3 rings (SSSR count). The Bertz CT molecular complexity index is 989. The predicted molar refractivity (Wildman–Crippen MR) is 123 cm³/mol. The number of carbonyl (C=O) groups excluding carboxylic acids is 1. The second-order valence-electron chi connectivity index (χ2n) is 7.72. The molecule has 8 heteroatoms. The van der Waals surface area contributed by atoms with E-state index in [4.69, 9.17) is 10.6 Å². The Morgan fingerprint density at radius 2 is 1.77 bits per heavy atom. The molecule has 0 radical (unpaired) electrons. The fourth-order valence-electron chi connectivity index (χ4n) is 3.04. The second-order valence-corrected chi connectivity index (χ2v) is 9.03. The fourth-order valence-corrected chi connectivity index (χ4v) is 3.94. The Kier molecular flexibility index (Phi) is 7.57. The van der Waals surface area contributed by atoms with Crippen LogP contribution in [0.5, 0.6) is 5.75 Å². The number of thioether (sulfide) groups is 1. The monoisotopic (exact) mass is 439 g/mol. The molecule has 1 unspecified atom stereocenters. The third-order valence-corrected chi connectivity index (χ3v) is 5.96. The van der Waals surface area contributed by atoms with Crippen molar-refractivity contribution in [1.82, 2.24) is 19.8 Å². The number of carbonyl (C=O) groups is 1. The van der Waals surface area contributed by atoms with Crippen LogP contribution in [0.1, 0.15) is 43.6 Å². The molecule has 3 aromatic rings. The van der Waals surface area contributed by atoms with Crippen LogP contribution in [0.15, 0.2) is 59.8 Å². The van der Waals surface area contributed by atoms with Crippen LogP contribution < -0.4 is 10.6 Å².